The molecule has 0 aromatic carbocycles. The lowest BCUT2D eigenvalue weighted by Crippen LogP contribution is -2.36. The first kappa shape index (κ1) is 10.8. The largest absolute Gasteiger partial charge is 0.342 e. The molecular weight excluding hydrogens is 234 g/mol. The molecule has 0 saturated carbocycles. The molecule has 1 aliphatic rings. The van der Waals surface area contributed by atoms with Gasteiger partial charge < -0.3 is 4.90 Å². The summed E-state index contributed by atoms with van der Waals surface area (Å²) in [6, 6.07) is 0. The Hall–Kier alpha value is -1.71. The summed E-state index contributed by atoms with van der Waals surface area (Å²) in [4.78, 5) is 1.81. The molecule has 0 fully saturated rings. The van der Waals surface area contributed by atoms with Crippen LogP contribution >= 0.6 is 0 Å². The van der Waals surface area contributed by atoms with E-state index in [0.29, 0.717) is 5.96 Å². The standard InChI is InChI=1S/C6H11N7O2S/c1-13(6-9-15-16(14)10-6)4-2-3-5-7-11-12-8-5/h2-4H2,1H3,(H,9,10)(H,7,8,11,12). The summed E-state index contributed by atoms with van der Waals surface area (Å²) in [5, 5.41) is 17.0. The van der Waals surface area contributed by atoms with Gasteiger partial charge in [0.1, 0.15) is 5.82 Å². The van der Waals surface area contributed by atoms with Gasteiger partial charge >= 0.3 is 11.3 Å². The van der Waals surface area contributed by atoms with Crippen LogP contribution in [0.1, 0.15) is 12.2 Å². The number of nitrogens with one attached hydrogen (secondary N) is 2. The predicted octanol–water partition coefficient (Wildman–Crippen LogP) is -1.47. The van der Waals surface area contributed by atoms with Gasteiger partial charge in [0, 0.05) is 20.0 Å². The van der Waals surface area contributed by atoms with Crippen molar-refractivity contribution in [3.8, 4) is 0 Å². The first-order valence-electron chi connectivity index (χ1n) is 4.63. The van der Waals surface area contributed by atoms with Crippen molar-refractivity contribution >= 4 is 17.2 Å². The molecule has 2 N–H and O–H groups in total. The molecule has 0 saturated heterocycles. The van der Waals surface area contributed by atoms with Gasteiger partial charge in [-0.3, -0.25) is 4.28 Å². The molecule has 16 heavy (non-hydrogen) atoms. The minimum absolute atomic E-state index is 0.467. The molecule has 1 unspecified atom stereocenters. The molecule has 0 spiro atoms. The molecule has 1 atom stereocenters. The van der Waals surface area contributed by atoms with Crippen LogP contribution in [0.15, 0.2) is 5.16 Å². The van der Waals surface area contributed by atoms with Crippen molar-refractivity contribution in [1.82, 2.24) is 30.2 Å². The smallest absolute Gasteiger partial charge is 0.339 e. The summed E-state index contributed by atoms with van der Waals surface area (Å²) in [6.45, 7) is 0.729. The van der Waals surface area contributed by atoms with E-state index in [2.05, 4.69) is 34.8 Å². The van der Waals surface area contributed by atoms with E-state index in [1.165, 1.54) is 0 Å². The number of nitrogens with zero attached hydrogens (tertiary/aromatic N) is 5. The molecule has 88 valence electrons. The molecular formula is C6H11N7O2S. The van der Waals surface area contributed by atoms with Crippen molar-refractivity contribution in [3.05, 3.63) is 5.82 Å². The van der Waals surface area contributed by atoms with Crippen molar-refractivity contribution in [3.63, 3.8) is 0 Å². The van der Waals surface area contributed by atoms with Gasteiger partial charge in [-0.15, -0.1) is 5.10 Å². The Balaban J connectivity index is 1.72. The van der Waals surface area contributed by atoms with E-state index >= 15 is 0 Å². The number of aryl methyl sites for hydroxylation is 1. The van der Waals surface area contributed by atoms with Crippen LogP contribution < -0.4 is 4.72 Å². The number of hydrogen-bond acceptors (Lipinski definition) is 7. The first-order chi connectivity index (χ1) is 7.75. The van der Waals surface area contributed by atoms with Gasteiger partial charge in [0.25, 0.3) is 5.96 Å². The average Bonchev–Trinajstić information content (AvgIpc) is 2.89. The Labute approximate surface area is 94.0 Å². The van der Waals surface area contributed by atoms with Crippen LogP contribution in [0, 0.1) is 0 Å². The average molecular weight is 245 g/mol. The number of tetrazole rings is 1. The van der Waals surface area contributed by atoms with Crippen LogP contribution in [-0.4, -0.2) is 49.3 Å². The normalized spacial score (nSPS) is 18.8. The molecule has 0 bridgehead atoms. The Kier molecular flexibility index (Phi) is 3.29. The number of aromatic amines is 1. The number of guanidine groups is 1. The third-order valence-corrected chi connectivity index (χ3v) is 2.58. The van der Waals surface area contributed by atoms with Gasteiger partial charge in [-0.25, -0.2) is 9.82 Å². The van der Waals surface area contributed by atoms with Crippen molar-refractivity contribution < 1.29 is 8.49 Å². The maximum absolute atomic E-state index is 10.8. The number of oxime groups is 1. The second-order valence-corrected chi connectivity index (χ2v) is 4.02. The number of hydrogen-bond donors (Lipinski definition) is 2. The fourth-order valence-electron chi connectivity index (χ4n) is 1.20. The maximum Gasteiger partial charge on any atom is 0.339 e. The van der Waals surface area contributed by atoms with Gasteiger partial charge in [-0.05, 0) is 22.0 Å². The second kappa shape index (κ2) is 4.88. The fourth-order valence-corrected chi connectivity index (χ4v) is 1.72. The van der Waals surface area contributed by atoms with Crippen LogP contribution in [0.2, 0.25) is 0 Å². The molecule has 1 aromatic rings. The highest BCUT2D eigenvalue weighted by Gasteiger charge is 2.17. The van der Waals surface area contributed by atoms with E-state index in [4.69, 9.17) is 0 Å². The highest BCUT2D eigenvalue weighted by molar-refractivity contribution is 7.79. The van der Waals surface area contributed by atoms with Crippen LogP contribution in [-0.2, 0) is 22.0 Å². The summed E-state index contributed by atoms with van der Waals surface area (Å²) in [5.74, 6) is 1.21. The number of rotatable bonds is 4. The molecule has 0 aliphatic carbocycles. The maximum atomic E-state index is 10.8. The zero-order valence-corrected chi connectivity index (χ0v) is 9.40. The summed E-state index contributed by atoms with van der Waals surface area (Å²) in [7, 11) is 1.83. The fraction of sp³-hybridized carbons (Fsp3) is 0.667. The van der Waals surface area contributed by atoms with E-state index in [1.54, 1.807) is 0 Å². The monoisotopic (exact) mass is 245 g/mol. The number of H-pyrrole nitrogens is 1. The third kappa shape index (κ3) is 2.66. The van der Waals surface area contributed by atoms with Crippen molar-refractivity contribution in [1.29, 1.82) is 0 Å². The van der Waals surface area contributed by atoms with E-state index in [9.17, 15) is 4.21 Å². The van der Waals surface area contributed by atoms with Gasteiger partial charge in [0.05, 0.1) is 0 Å². The predicted molar refractivity (Wildman–Crippen MR) is 54.9 cm³/mol. The van der Waals surface area contributed by atoms with Crippen molar-refractivity contribution in [2.45, 2.75) is 12.8 Å². The first-order valence-corrected chi connectivity index (χ1v) is 5.71. The molecule has 9 nitrogen and oxygen atoms in total. The zero-order valence-electron chi connectivity index (χ0n) is 8.58. The number of aromatic nitrogens is 4. The van der Waals surface area contributed by atoms with Crippen LogP contribution in [0.3, 0.4) is 0 Å². The Bertz CT molecular complexity index is 392. The molecule has 1 aromatic heterocycles. The Morgan fingerprint density at radius 3 is 3.06 bits per heavy atom. The van der Waals surface area contributed by atoms with Gasteiger partial charge in [0.15, 0.2) is 0 Å². The minimum atomic E-state index is -1.54. The van der Waals surface area contributed by atoms with Gasteiger partial charge in [-0.2, -0.15) is 4.21 Å². The molecule has 10 heteroatoms. The summed E-state index contributed by atoms with van der Waals surface area (Å²) in [6.07, 6.45) is 1.59. The summed E-state index contributed by atoms with van der Waals surface area (Å²) in [5.41, 5.74) is 0. The van der Waals surface area contributed by atoms with Gasteiger partial charge in [0.2, 0.25) is 0 Å². The second-order valence-electron chi connectivity index (χ2n) is 3.20. The SMILES string of the molecule is CN(CCCc1nnn[nH]1)C1=NOS(=O)N1. The van der Waals surface area contributed by atoms with Crippen molar-refractivity contribution in [2.24, 2.45) is 5.16 Å². The Morgan fingerprint density at radius 2 is 2.44 bits per heavy atom. The van der Waals surface area contributed by atoms with Crippen molar-refractivity contribution in [2.75, 3.05) is 13.6 Å². The van der Waals surface area contributed by atoms with E-state index in [-0.39, 0.29) is 0 Å². The topological polar surface area (TPSA) is 108 Å². The zero-order chi connectivity index (χ0) is 11.4. The lowest BCUT2D eigenvalue weighted by molar-refractivity contribution is 0.373. The van der Waals surface area contributed by atoms with Crippen LogP contribution in [0.4, 0.5) is 0 Å². The lowest BCUT2D eigenvalue weighted by Gasteiger charge is -2.15. The van der Waals surface area contributed by atoms with E-state index < -0.39 is 11.3 Å². The molecule has 2 heterocycles. The van der Waals surface area contributed by atoms with Crippen LogP contribution in [0.25, 0.3) is 0 Å². The lowest BCUT2D eigenvalue weighted by atomic mass is 10.3. The molecule has 1 aliphatic heterocycles. The van der Waals surface area contributed by atoms with E-state index in [1.807, 2.05) is 11.9 Å². The highest BCUT2D eigenvalue weighted by atomic mass is 32.2. The molecule has 0 amide bonds. The summed E-state index contributed by atoms with van der Waals surface area (Å²) < 4.78 is 17.9. The molecule has 2 rings (SSSR count). The van der Waals surface area contributed by atoms with Crippen LogP contribution in [0.5, 0.6) is 0 Å². The Morgan fingerprint density at radius 1 is 1.56 bits per heavy atom. The van der Waals surface area contributed by atoms with Gasteiger partial charge in [-0.1, -0.05) is 0 Å². The summed E-state index contributed by atoms with van der Waals surface area (Å²) >= 11 is -1.54. The minimum Gasteiger partial charge on any atom is -0.342 e. The van der Waals surface area contributed by atoms with E-state index in [0.717, 1.165) is 25.2 Å². The quantitative estimate of drug-likeness (QED) is 0.670. The molecule has 0 radical (unpaired) electrons. The highest BCUT2D eigenvalue weighted by Crippen LogP contribution is 2.00. The third-order valence-electron chi connectivity index (χ3n) is 2.02.